The second-order valence-electron chi connectivity index (χ2n) is 9.25. The highest BCUT2D eigenvalue weighted by Crippen LogP contribution is 2.60. The predicted molar refractivity (Wildman–Crippen MR) is 141 cm³/mol. The van der Waals surface area contributed by atoms with Crippen LogP contribution in [0.4, 0.5) is 0 Å². The maximum absolute atomic E-state index is 5.35. The van der Waals surface area contributed by atoms with Gasteiger partial charge in [-0.25, -0.2) is 0 Å². The van der Waals surface area contributed by atoms with Gasteiger partial charge in [-0.2, -0.15) is 11.8 Å². The summed E-state index contributed by atoms with van der Waals surface area (Å²) >= 11 is 2.07. The van der Waals surface area contributed by atoms with Crippen LogP contribution in [0.25, 0.3) is 0 Å². The minimum atomic E-state index is -0.151. The minimum absolute atomic E-state index is 0.151. The number of rotatable bonds is 5. The Labute approximate surface area is 200 Å². The van der Waals surface area contributed by atoms with Gasteiger partial charge in [0.15, 0.2) is 0 Å². The first-order chi connectivity index (χ1) is 16.3. The molecule has 7 rings (SSSR count). The van der Waals surface area contributed by atoms with E-state index in [9.17, 15) is 0 Å². The minimum Gasteiger partial charge on any atom is -0.287 e. The lowest BCUT2D eigenvalue weighted by molar-refractivity contribution is 0.353. The number of aliphatic imine (C=N–C) groups is 1. The predicted octanol–water partition coefficient (Wildman–Crippen LogP) is 7.24. The molecular weight excluding hydrogens is 418 g/mol. The summed E-state index contributed by atoms with van der Waals surface area (Å²) in [6.45, 7) is 2.42. The summed E-state index contributed by atoms with van der Waals surface area (Å²) in [5, 5.41) is 0.375. The fourth-order valence-electron chi connectivity index (χ4n) is 5.87. The fourth-order valence-corrected chi connectivity index (χ4v) is 7.46. The molecule has 0 aromatic heterocycles. The zero-order valence-electron chi connectivity index (χ0n) is 18.8. The third-order valence-electron chi connectivity index (χ3n) is 7.41. The first-order valence-electron chi connectivity index (χ1n) is 11.7. The molecule has 2 atom stereocenters. The molecule has 0 heterocycles. The van der Waals surface area contributed by atoms with Crippen LogP contribution in [-0.4, -0.2) is 17.5 Å². The number of fused-ring (bicyclic) bond motifs is 1. The van der Waals surface area contributed by atoms with Crippen molar-refractivity contribution in [1.82, 2.24) is 0 Å². The Kier molecular flexibility index (Phi) is 5.19. The zero-order valence-corrected chi connectivity index (χ0v) is 19.6. The molecule has 0 unspecified atom stereocenters. The monoisotopic (exact) mass is 445 g/mol. The molecule has 2 bridgehead atoms. The van der Waals surface area contributed by atoms with Crippen molar-refractivity contribution in [1.29, 1.82) is 0 Å². The molecule has 3 aliphatic rings. The average molecular weight is 446 g/mol. The lowest BCUT2D eigenvalue weighted by atomic mass is 9.53. The molecule has 0 spiro atoms. The van der Waals surface area contributed by atoms with E-state index in [0.29, 0.717) is 11.2 Å². The van der Waals surface area contributed by atoms with E-state index >= 15 is 0 Å². The average Bonchev–Trinajstić information content (AvgIpc) is 2.88. The van der Waals surface area contributed by atoms with Crippen LogP contribution in [0.5, 0.6) is 0 Å². The third kappa shape index (κ3) is 3.36. The van der Waals surface area contributed by atoms with Gasteiger partial charge in [0.25, 0.3) is 0 Å². The lowest BCUT2D eigenvalue weighted by Gasteiger charge is -2.55. The molecular formula is C31H27NS. The number of thioether (sulfide) groups is 1. The maximum Gasteiger partial charge on any atom is 0.0762 e. The van der Waals surface area contributed by atoms with Gasteiger partial charge in [0, 0.05) is 28.6 Å². The summed E-state index contributed by atoms with van der Waals surface area (Å²) in [5.41, 5.74) is 8.24. The molecule has 0 aliphatic heterocycles. The molecule has 0 N–H and O–H groups in total. The summed E-state index contributed by atoms with van der Waals surface area (Å²) in [6, 6.07) is 39.7. The molecule has 0 amide bonds. The molecule has 162 valence electrons. The third-order valence-corrected chi connectivity index (χ3v) is 8.83. The maximum atomic E-state index is 5.35. The van der Waals surface area contributed by atoms with Gasteiger partial charge < -0.3 is 0 Å². The Bertz CT molecular complexity index is 1250. The van der Waals surface area contributed by atoms with Gasteiger partial charge in [-0.05, 0) is 40.3 Å². The van der Waals surface area contributed by atoms with Crippen molar-refractivity contribution in [3.8, 4) is 0 Å². The molecule has 2 heteroatoms. The molecule has 0 fully saturated rings. The van der Waals surface area contributed by atoms with Gasteiger partial charge in [-0.3, -0.25) is 4.99 Å². The van der Waals surface area contributed by atoms with Crippen LogP contribution in [0.3, 0.4) is 0 Å². The zero-order chi connectivity index (χ0) is 22.3. The lowest BCUT2D eigenvalue weighted by Crippen LogP contribution is -2.55. The number of hydrogen-bond donors (Lipinski definition) is 0. The Balaban J connectivity index is 1.49. The fraction of sp³-hybridized carbons (Fsp3) is 0.194. The van der Waals surface area contributed by atoms with E-state index in [-0.39, 0.29) is 11.5 Å². The summed E-state index contributed by atoms with van der Waals surface area (Å²) < 4.78 is 0. The Morgan fingerprint density at radius 1 is 0.727 bits per heavy atom. The van der Waals surface area contributed by atoms with Crippen LogP contribution in [0.15, 0.2) is 114 Å². The highest BCUT2D eigenvalue weighted by molar-refractivity contribution is 7.99. The highest BCUT2D eigenvalue weighted by atomic mass is 32.2. The van der Waals surface area contributed by atoms with Gasteiger partial charge in [-0.15, -0.1) is 0 Å². The number of hydrogen-bond acceptors (Lipinski definition) is 2. The first kappa shape index (κ1) is 20.5. The van der Waals surface area contributed by atoms with E-state index < -0.39 is 0 Å². The van der Waals surface area contributed by atoms with E-state index in [0.717, 1.165) is 11.3 Å². The van der Waals surface area contributed by atoms with Crippen LogP contribution >= 0.6 is 11.8 Å². The molecule has 0 saturated carbocycles. The summed E-state index contributed by atoms with van der Waals surface area (Å²) in [4.78, 5) is 5.35. The van der Waals surface area contributed by atoms with Crippen molar-refractivity contribution in [2.75, 3.05) is 0 Å². The van der Waals surface area contributed by atoms with E-state index in [4.69, 9.17) is 4.99 Å². The van der Waals surface area contributed by atoms with Gasteiger partial charge in [0.2, 0.25) is 0 Å². The molecule has 4 aromatic rings. The molecule has 1 nitrogen and oxygen atoms in total. The van der Waals surface area contributed by atoms with Crippen LogP contribution in [0.2, 0.25) is 0 Å². The summed E-state index contributed by atoms with van der Waals surface area (Å²) in [7, 11) is 0. The van der Waals surface area contributed by atoms with Crippen molar-refractivity contribution in [2.24, 2.45) is 4.99 Å². The Hall–Kier alpha value is -3.10. The van der Waals surface area contributed by atoms with Crippen LogP contribution in [0.1, 0.15) is 46.2 Å². The normalized spacial score (nSPS) is 25.1. The molecule has 0 saturated heterocycles. The van der Waals surface area contributed by atoms with Crippen LogP contribution < -0.4 is 0 Å². The quantitative estimate of drug-likeness (QED) is 0.295. The first-order valence-corrected chi connectivity index (χ1v) is 12.7. The summed E-state index contributed by atoms with van der Waals surface area (Å²) in [5.74, 6) is 1.35. The topological polar surface area (TPSA) is 12.4 Å². The van der Waals surface area contributed by atoms with Crippen LogP contribution in [0, 0.1) is 0 Å². The van der Waals surface area contributed by atoms with Gasteiger partial charge in [0.1, 0.15) is 0 Å². The van der Waals surface area contributed by atoms with Crippen molar-refractivity contribution >= 4 is 18.0 Å². The number of nitrogens with zero attached hydrogens (tertiary/aromatic N) is 1. The van der Waals surface area contributed by atoms with E-state index in [1.54, 1.807) is 0 Å². The SMILES string of the molecule is CC12c3ccccc3C(c3ccccc31)[C@H](SCc1ccccc1)[C@@H]2N=Cc1ccccc1. The van der Waals surface area contributed by atoms with Crippen molar-refractivity contribution in [3.63, 3.8) is 0 Å². The van der Waals surface area contributed by atoms with Crippen molar-refractivity contribution in [2.45, 2.75) is 35.3 Å². The van der Waals surface area contributed by atoms with Crippen LogP contribution in [-0.2, 0) is 11.2 Å². The molecule has 33 heavy (non-hydrogen) atoms. The standard InChI is InChI=1S/C31H27NS/c1-31-26-18-10-8-16-24(26)28(25-17-9-11-19-27(25)31)29(33-21-23-14-6-3-7-15-23)30(31)32-20-22-12-4-2-5-13-22/h2-20,28-30H,21H2,1H3/t28?,29-,30-,31?/m0/s1. The smallest absolute Gasteiger partial charge is 0.0762 e. The molecule has 4 aromatic carbocycles. The van der Waals surface area contributed by atoms with Gasteiger partial charge in [0.05, 0.1) is 6.04 Å². The second-order valence-corrected chi connectivity index (χ2v) is 10.4. The summed E-state index contributed by atoms with van der Waals surface area (Å²) in [6.07, 6.45) is 2.10. The van der Waals surface area contributed by atoms with E-state index in [1.165, 1.54) is 27.8 Å². The Morgan fingerprint density at radius 3 is 1.91 bits per heavy atom. The van der Waals surface area contributed by atoms with Gasteiger partial charge >= 0.3 is 0 Å². The van der Waals surface area contributed by atoms with E-state index in [2.05, 4.69) is 134 Å². The van der Waals surface area contributed by atoms with Crippen molar-refractivity contribution < 1.29 is 0 Å². The van der Waals surface area contributed by atoms with Gasteiger partial charge in [-0.1, -0.05) is 109 Å². The highest BCUT2D eigenvalue weighted by Gasteiger charge is 2.56. The number of benzene rings is 4. The van der Waals surface area contributed by atoms with Crippen molar-refractivity contribution in [3.05, 3.63) is 143 Å². The molecule has 0 radical (unpaired) electrons. The Morgan fingerprint density at radius 2 is 1.27 bits per heavy atom. The second kappa shape index (κ2) is 8.35. The molecule has 3 aliphatic carbocycles. The largest absolute Gasteiger partial charge is 0.287 e. The van der Waals surface area contributed by atoms with E-state index in [1.807, 2.05) is 0 Å².